The molecule has 2 rings (SSSR count). The summed E-state index contributed by atoms with van der Waals surface area (Å²) in [5.74, 6) is 1.65. The molecular weight excluding hydrogens is 230 g/mol. The van der Waals surface area contributed by atoms with E-state index in [2.05, 4.69) is 28.8 Å². The molecule has 1 heterocycles. The van der Waals surface area contributed by atoms with Gasteiger partial charge >= 0.3 is 6.01 Å². The van der Waals surface area contributed by atoms with Gasteiger partial charge in [-0.2, -0.15) is 15.0 Å². The molecule has 0 saturated heterocycles. The molecule has 1 aliphatic rings. The summed E-state index contributed by atoms with van der Waals surface area (Å²) < 4.78 is 5.55. The van der Waals surface area contributed by atoms with Crippen LogP contribution in [0.25, 0.3) is 0 Å². The molecule has 1 fully saturated rings. The molecule has 2 N–H and O–H groups in total. The Kier molecular flexibility index (Phi) is 4.17. The molecule has 0 aromatic carbocycles. The van der Waals surface area contributed by atoms with Gasteiger partial charge in [-0.05, 0) is 26.2 Å². The summed E-state index contributed by atoms with van der Waals surface area (Å²) in [4.78, 5) is 14.5. The quantitative estimate of drug-likeness (QED) is 0.791. The second-order valence-electron chi connectivity index (χ2n) is 4.53. The normalized spacial score (nSPS) is 14.6. The molecule has 0 unspecified atom stereocenters. The summed E-state index contributed by atoms with van der Waals surface area (Å²) in [6.07, 6.45) is 3.73. The van der Waals surface area contributed by atoms with Gasteiger partial charge in [0, 0.05) is 13.1 Å². The first kappa shape index (κ1) is 12.9. The van der Waals surface area contributed by atoms with E-state index in [9.17, 15) is 0 Å². The van der Waals surface area contributed by atoms with Gasteiger partial charge in [0.25, 0.3) is 0 Å². The monoisotopic (exact) mass is 251 g/mol. The average Bonchev–Trinajstić information content (AvgIpc) is 3.14. The number of nitrogens with two attached hydrogens (primary N) is 1. The van der Waals surface area contributed by atoms with Crippen LogP contribution in [0.15, 0.2) is 0 Å². The lowest BCUT2D eigenvalue weighted by molar-refractivity contribution is 0.279. The third kappa shape index (κ3) is 3.45. The van der Waals surface area contributed by atoms with Crippen molar-refractivity contribution in [2.24, 2.45) is 5.92 Å². The first-order valence-corrected chi connectivity index (χ1v) is 6.62. The third-order valence-corrected chi connectivity index (χ3v) is 3.12. The smallest absolute Gasteiger partial charge is 0.323 e. The van der Waals surface area contributed by atoms with Crippen LogP contribution in [0.4, 0.5) is 11.9 Å². The van der Waals surface area contributed by atoms with Gasteiger partial charge in [-0.3, -0.25) is 0 Å². The maximum atomic E-state index is 5.68. The number of nitrogens with zero attached hydrogens (tertiary/aromatic N) is 4. The molecule has 0 aliphatic heterocycles. The number of hydrogen-bond donors (Lipinski definition) is 1. The van der Waals surface area contributed by atoms with Crippen LogP contribution in [0.3, 0.4) is 0 Å². The Hall–Kier alpha value is -1.59. The standard InChI is InChI=1S/C12H21N5O/c1-3-17(4-2)11-14-10(13)15-12(16-11)18-8-7-9-5-6-9/h9H,3-8H2,1-2H3,(H2,13,14,15,16). The Morgan fingerprint density at radius 2 is 1.94 bits per heavy atom. The number of hydrogen-bond acceptors (Lipinski definition) is 6. The fourth-order valence-electron chi connectivity index (χ4n) is 1.80. The molecule has 0 spiro atoms. The zero-order valence-electron chi connectivity index (χ0n) is 11.1. The van der Waals surface area contributed by atoms with Gasteiger partial charge in [-0.15, -0.1) is 0 Å². The summed E-state index contributed by atoms with van der Waals surface area (Å²) in [6.45, 7) is 6.43. The van der Waals surface area contributed by atoms with Crippen molar-refractivity contribution in [3.8, 4) is 6.01 Å². The van der Waals surface area contributed by atoms with Crippen molar-refractivity contribution in [2.45, 2.75) is 33.1 Å². The van der Waals surface area contributed by atoms with Crippen LogP contribution < -0.4 is 15.4 Å². The van der Waals surface area contributed by atoms with Gasteiger partial charge in [0.1, 0.15) is 0 Å². The topological polar surface area (TPSA) is 77.2 Å². The molecule has 1 aromatic heterocycles. The summed E-state index contributed by atoms with van der Waals surface area (Å²) in [5.41, 5.74) is 5.68. The van der Waals surface area contributed by atoms with Crippen LogP contribution in [0, 0.1) is 5.92 Å². The van der Waals surface area contributed by atoms with E-state index in [0.717, 1.165) is 25.4 Å². The van der Waals surface area contributed by atoms with Crippen LogP contribution in [0.5, 0.6) is 6.01 Å². The zero-order chi connectivity index (χ0) is 13.0. The highest BCUT2D eigenvalue weighted by atomic mass is 16.5. The van der Waals surface area contributed by atoms with E-state index in [1.54, 1.807) is 0 Å². The highest BCUT2D eigenvalue weighted by molar-refractivity contribution is 5.35. The minimum Gasteiger partial charge on any atom is -0.463 e. The fourth-order valence-corrected chi connectivity index (χ4v) is 1.80. The predicted molar refractivity (Wildman–Crippen MR) is 70.6 cm³/mol. The van der Waals surface area contributed by atoms with Crippen molar-refractivity contribution >= 4 is 11.9 Å². The SMILES string of the molecule is CCN(CC)c1nc(N)nc(OCCC2CC2)n1. The van der Waals surface area contributed by atoms with E-state index in [1.807, 2.05) is 4.90 Å². The molecule has 1 saturated carbocycles. The number of rotatable bonds is 7. The first-order valence-electron chi connectivity index (χ1n) is 6.62. The van der Waals surface area contributed by atoms with E-state index >= 15 is 0 Å². The number of nitrogen functional groups attached to an aromatic ring is 1. The number of ether oxygens (including phenoxy) is 1. The molecule has 0 radical (unpaired) electrons. The van der Waals surface area contributed by atoms with Gasteiger partial charge in [0.2, 0.25) is 11.9 Å². The van der Waals surface area contributed by atoms with Crippen LogP contribution in [-0.2, 0) is 0 Å². The second-order valence-corrected chi connectivity index (χ2v) is 4.53. The highest BCUT2D eigenvalue weighted by Gasteiger charge is 2.21. The fraction of sp³-hybridized carbons (Fsp3) is 0.750. The van der Waals surface area contributed by atoms with Gasteiger partial charge in [-0.1, -0.05) is 12.8 Å². The summed E-state index contributed by atoms with van der Waals surface area (Å²) >= 11 is 0. The lowest BCUT2D eigenvalue weighted by atomic mass is 10.3. The molecule has 6 nitrogen and oxygen atoms in total. The van der Waals surface area contributed by atoms with E-state index in [1.165, 1.54) is 12.8 Å². The molecule has 0 atom stereocenters. The van der Waals surface area contributed by atoms with Crippen LogP contribution >= 0.6 is 0 Å². The van der Waals surface area contributed by atoms with E-state index in [4.69, 9.17) is 10.5 Å². The molecule has 0 amide bonds. The van der Waals surface area contributed by atoms with Gasteiger partial charge < -0.3 is 15.4 Å². The Labute approximate surface area is 108 Å². The summed E-state index contributed by atoms with van der Waals surface area (Å²) in [6, 6.07) is 0.338. The highest BCUT2D eigenvalue weighted by Crippen LogP contribution is 2.32. The average molecular weight is 251 g/mol. The van der Waals surface area contributed by atoms with E-state index < -0.39 is 0 Å². The van der Waals surface area contributed by atoms with Gasteiger partial charge in [-0.25, -0.2) is 0 Å². The molecule has 1 aromatic rings. The maximum absolute atomic E-state index is 5.68. The first-order chi connectivity index (χ1) is 8.72. The zero-order valence-corrected chi connectivity index (χ0v) is 11.1. The molecule has 1 aliphatic carbocycles. The van der Waals surface area contributed by atoms with Gasteiger partial charge in [0.15, 0.2) is 0 Å². The summed E-state index contributed by atoms with van der Waals surface area (Å²) in [7, 11) is 0. The van der Waals surface area contributed by atoms with E-state index in [-0.39, 0.29) is 5.95 Å². The Bertz CT molecular complexity index is 390. The van der Waals surface area contributed by atoms with Crippen LogP contribution in [-0.4, -0.2) is 34.6 Å². The Morgan fingerprint density at radius 3 is 2.56 bits per heavy atom. The van der Waals surface area contributed by atoms with Gasteiger partial charge in [0.05, 0.1) is 6.61 Å². The van der Waals surface area contributed by atoms with Crippen molar-refractivity contribution in [1.82, 2.24) is 15.0 Å². The van der Waals surface area contributed by atoms with Crippen molar-refractivity contribution in [3.05, 3.63) is 0 Å². The van der Waals surface area contributed by atoms with Crippen LogP contribution in [0.1, 0.15) is 33.1 Å². The molecule has 0 bridgehead atoms. The predicted octanol–water partition coefficient (Wildman–Crippen LogP) is 1.48. The van der Waals surface area contributed by atoms with Crippen molar-refractivity contribution < 1.29 is 4.74 Å². The largest absolute Gasteiger partial charge is 0.463 e. The van der Waals surface area contributed by atoms with Crippen molar-refractivity contribution in [2.75, 3.05) is 30.3 Å². The van der Waals surface area contributed by atoms with Crippen molar-refractivity contribution in [3.63, 3.8) is 0 Å². The lowest BCUT2D eigenvalue weighted by Crippen LogP contribution is -2.25. The number of anilines is 2. The minimum absolute atomic E-state index is 0.216. The molecular formula is C12H21N5O. The Balaban J connectivity index is 1.99. The van der Waals surface area contributed by atoms with Crippen LogP contribution in [0.2, 0.25) is 0 Å². The molecule has 18 heavy (non-hydrogen) atoms. The minimum atomic E-state index is 0.216. The van der Waals surface area contributed by atoms with E-state index in [0.29, 0.717) is 18.6 Å². The summed E-state index contributed by atoms with van der Waals surface area (Å²) in [5, 5.41) is 0. The maximum Gasteiger partial charge on any atom is 0.323 e. The number of aromatic nitrogens is 3. The molecule has 6 heteroatoms. The van der Waals surface area contributed by atoms with Crippen molar-refractivity contribution in [1.29, 1.82) is 0 Å². The molecule has 100 valence electrons. The lowest BCUT2D eigenvalue weighted by Gasteiger charge is -2.18. The third-order valence-electron chi connectivity index (χ3n) is 3.12. The Morgan fingerprint density at radius 1 is 1.22 bits per heavy atom. The second kappa shape index (κ2) is 5.84.